The van der Waals surface area contributed by atoms with Crippen molar-refractivity contribution in [2.75, 3.05) is 20.1 Å². The number of carbonyl (C=O) groups is 6. The van der Waals surface area contributed by atoms with E-state index in [-0.39, 0.29) is 47.8 Å². The molecular formula is C26H41N5O6. The summed E-state index contributed by atoms with van der Waals surface area (Å²) in [7, 11) is 1.33. The number of Topliss-reactive ketones (excluding diaryl/α,β-unsaturated/α-hetero) is 1. The number of nitrogens with one attached hydrogen (secondary N) is 4. The van der Waals surface area contributed by atoms with Crippen LogP contribution < -0.4 is 21.3 Å². The molecule has 2 aliphatic heterocycles. The monoisotopic (exact) mass is 519 g/mol. The van der Waals surface area contributed by atoms with E-state index in [1.54, 1.807) is 6.92 Å². The molecule has 6 atom stereocenters. The Hall–Kier alpha value is -2.98. The van der Waals surface area contributed by atoms with Gasteiger partial charge in [0, 0.05) is 32.5 Å². The van der Waals surface area contributed by atoms with Gasteiger partial charge in [-0.05, 0) is 35.5 Å². The molecule has 2 unspecified atom stereocenters. The second-order valence-electron chi connectivity index (χ2n) is 12.1. The van der Waals surface area contributed by atoms with Crippen molar-refractivity contribution in [3.63, 3.8) is 0 Å². The maximum absolute atomic E-state index is 13.8. The Kier molecular flexibility index (Phi) is 8.05. The minimum atomic E-state index is -1.20. The molecule has 37 heavy (non-hydrogen) atoms. The smallest absolute Gasteiger partial charge is 0.289 e. The second kappa shape index (κ2) is 10.4. The summed E-state index contributed by atoms with van der Waals surface area (Å²) in [4.78, 5) is 78.4. The summed E-state index contributed by atoms with van der Waals surface area (Å²) in [5, 5.41) is 10.5. The van der Waals surface area contributed by atoms with Gasteiger partial charge < -0.3 is 26.2 Å². The molecule has 3 aliphatic rings. The third-order valence-electron chi connectivity index (χ3n) is 8.27. The topological polar surface area (TPSA) is 154 Å². The van der Waals surface area contributed by atoms with E-state index in [0.29, 0.717) is 19.5 Å². The molecule has 0 spiro atoms. The molecule has 2 saturated heterocycles. The SMILES string of the molecule is CCC(=O)NC(C(=O)N1CC2[C@@H]([C@H]1C(=O)N[C@@H](C[C@@H]1CCNC1=O)C(=O)C(=O)NC)C2(C)C)C(C)(C)C. The van der Waals surface area contributed by atoms with Crippen molar-refractivity contribution in [1.82, 2.24) is 26.2 Å². The summed E-state index contributed by atoms with van der Waals surface area (Å²) in [6, 6.07) is -2.88. The Morgan fingerprint density at radius 2 is 1.78 bits per heavy atom. The number of likely N-dealkylation sites (N-methyl/N-ethyl adjacent to an activating group) is 1. The Morgan fingerprint density at radius 1 is 1.14 bits per heavy atom. The standard InChI is InChI=1S/C26H41N5O6/c1-8-16(32)30-20(25(2,3)4)24(37)31-12-14-17(26(14,5)6)18(31)22(35)29-15(19(33)23(36)27-7)11-13-9-10-28-21(13)34/h13-15,17-18,20H,8-12H2,1-7H3,(H,27,36)(H,28,34)(H,29,35)(H,30,32)/t13-,14?,15-,17-,18-,20?/m0/s1. The molecular weight excluding hydrogens is 478 g/mol. The molecule has 206 valence electrons. The molecule has 2 heterocycles. The normalized spacial score (nSPS) is 27.4. The first-order valence-electron chi connectivity index (χ1n) is 13.1. The molecule has 11 heteroatoms. The van der Waals surface area contributed by atoms with Crippen molar-refractivity contribution in [3.8, 4) is 0 Å². The van der Waals surface area contributed by atoms with Crippen LogP contribution in [-0.2, 0) is 28.8 Å². The van der Waals surface area contributed by atoms with Crippen LogP contribution in [0.3, 0.4) is 0 Å². The van der Waals surface area contributed by atoms with Crippen LogP contribution in [0, 0.1) is 28.6 Å². The lowest BCUT2D eigenvalue weighted by atomic mass is 9.85. The average Bonchev–Trinajstić information content (AvgIpc) is 3.19. The van der Waals surface area contributed by atoms with E-state index in [2.05, 4.69) is 21.3 Å². The highest BCUT2D eigenvalue weighted by molar-refractivity contribution is 6.38. The van der Waals surface area contributed by atoms with Crippen molar-refractivity contribution in [2.45, 2.75) is 78.9 Å². The van der Waals surface area contributed by atoms with E-state index in [9.17, 15) is 28.8 Å². The summed E-state index contributed by atoms with van der Waals surface area (Å²) in [5.74, 6) is -3.56. The lowest BCUT2D eigenvalue weighted by molar-refractivity contribution is -0.146. The summed E-state index contributed by atoms with van der Waals surface area (Å²) in [6.07, 6.45) is 0.724. The van der Waals surface area contributed by atoms with Crippen LogP contribution in [-0.4, -0.2) is 78.5 Å². The van der Waals surface area contributed by atoms with E-state index in [4.69, 9.17) is 0 Å². The highest BCUT2D eigenvalue weighted by atomic mass is 16.2. The maximum atomic E-state index is 13.8. The third-order valence-corrected chi connectivity index (χ3v) is 8.27. The van der Waals surface area contributed by atoms with Crippen LogP contribution in [0.1, 0.15) is 60.8 Å². The highest BCUT2D eigenvalue weighted by Crippen LogP contribution is 2.65. The van der Waals surface area contributed by atoms with Gasteiger partial charge in [-0.1, -0.05) is 41.5 Å². The number of nitrogens with zero attached hydrogens (tertiary/aromatic N) is 1. The van der Waals surface area contributed by atoms with Gasteiger partial charge in [-0.25, -0.2) is 0 Å². The van der Waals surface area contributed by atoms with Crippen LogP contribution in [0.2, 0.25) is 0 Å². The highest BCUT2D eigenvalue weighted by Gasteiger charge is 2.70. The van der Waals surface area contributed by atoms with Gasteiger partial charge in [-0.2, -0.15) is 0 Å². The van der Waals surface area contributed by atoms with Gasteiger partial charge in [0.2, 0.25) is 29.4 Å². The van der Waals surface area contributed by atoms with Crippen LogP contribution >= 0.6 is 0 Å². The first-order valence-corrected chi connectivity index (χ1v) is 13.1. The molecule has 1 saturated carbocycles. The Balaban J connectivity index is 1.87. The largest absolute Gasteiger partial charge is 0.356 e. The fourth-order valence-electron chi connectivity index (χ4n) is 5.82. The van der Waals surface area contributed by atoms with Gasteiger partial charge in [0.15, 0.2) is 0 Å². The van der Waals surface area contributed by atoms with Crippen molar-refractivity contribution in [1.29, 1.82) is 0 Å². The van der Waals surface area contributed by atoms with Crippen LogP contribution in [0.5, 0.6) is 0 Å². The van der Waals surface area contributed by atoms with E-state index in [1.165, 1.54) is 11.9 Å². The van der Waals surface area contributed by atoms with Crippen molar-refractivity contribution in [2.24, 2.45) is 28.6 Å². The number of carbonyl (C=O) groups excluding carboxylic acids is 6. The first-order chi connectivity index (χ1) is 17.1. The molecule has 0 bridgehead atoms. The summed E-state index contributed by atoms with van der Waals surface area (Å²) >= 11 is 0. The first kappa shape index (κ1) is 28.6. The lowest BCUT2D eigenvalue weighted by Gasteiger charge is -2.38. The van der Waals surface area contributed by atoms with Crippen molar-refractivity contribution in [3.05, 3.63) is 0 Å². The van der Waals surface area contributed by atoms with Crippen LogP contribution in [0.15, 0.2) is 0 Å². The lowest BCUT2D eigenvalue weighted by Crippen LogP contribution is -2.60. The number of fused-ring (bicyclic) bond motifs is 1. The van der Waals surface area contributed by atoms with Gasteiger partial charge >= 0.3 is 0 Å². The zero-order chi connectivity index (χ0) is 27.9. The molecule has 0 radical (unpaired) electrons. The van der Waals surface area contributed by atoms with Crippen molar-refractivity contribution < 1.29 is 28.8 Å². The zero-order valence-corrected chi connectivity index (χ0v) is 22.9. The molecule has 0 aromatic heterocycles. The number of amides is 5. The number of rotatable bonds is 9. The predicted molar refractivity (Wildman–Crippen MR) is 135 cm³/mol. The third kappa shape index (κ3) is 5.65. The van der Waals surface area contributed by atoms with E-state index in [0.717, 1.165) is 0 Å². The number of ketones is 1. The van der Waals surface area contributed by atoms with Gasteiger partial charge in [-0.15, -0.1) is 0 Å². The minimum Gasteiger partial charge on any atom is -0.356 e. The summed E-state index contributed by atoms with van der Waals surface area (Å²) in [6.45, 7) is 12.2. The fraction of sp³-hybridized carbons (Fsp3) is 0.769. The average molecular weight is 520 g/mol. The molecule has 3 rings (SSSR count). The van der Waals surface area contributed by atoms with E-state index < -0.39 is 47.1 Å². The fourth-order valence-corrected chi connectivity index (χ4v) is 5.82. The van der Waals surface area contributed by atoms with Crippen LogP contribution in [0.4, 0.5) is 0 Å². The Morgan fingerprint density at radius 3 is 2.30 bits per heavy atom. The number of piperidine rings is 1. The molecule has 5 amide bonds. The molecule has 0 aromatic carbocycles. The number of hydrogen-bond donors (Lipinski definition) is 4. The van der Waals surface area contributed by atoms with E-state index >= 15 is 0 Å². The van der Waals surface area contributed by atoms with Gasteiger partial charge in [0.1, 0.15) is 12.1 Å². The van der Waals surface area contributed by atoms with Crippen molar-refractivity contribution >= 4 is 35.3 Å². The minimum absolute atomic E-state index is 0.000839. The molecule has 11 nitrogen and oxygen atoms in total. The Bertz CT molecular complexity index is 986. The summed E-state index contributed by atoms with van der Waals surface area (Å²) in [5.41, 5.74) is -0.771. The Labute approximate surface area is 218 Å². The molecule has 3 fully saturated rings. The molecule has 1 aliphatic carbocycles. The summed E-state index contributed by atoms with van der Waals surface area (Å²) < 4.78 is 0. The predicted octanol–water partition coefficient (Wildman–Crippen LogP) is -0.264. The maximum Gasteiger partial charge on any atom is 0.289 e. The number of likely N-dealkylation sites (tertiary alicyclic amines) is 1. The second-order valence-corrected chi connectivity index (χ2v) is 12.1. The van der Waals surface area contributed by atoms with Gasteiger partial charge in [0.25, 0.3) is 5.91 Å². The van der Waals surface area contributed by atoms with E-state index in [1.807, 2.05) is 34.6 Å². The number of hydrogen-bond acceptors (Lipinski definition) is 6. The molecule has 0 aromatic rings. The van der Waals surface area contributed by atoms with Crippen LogP contribution in [0.25, 0.3) is 0 Å². The zero-order valence-electron chi connectivity index (χ0n) is 22.9. The molecule has 4 N–H and O–H groups in total. The van der Waals surface area contributed by atoms with Gasteiger partial charge in [-0.3, -0.25) is 28.8 Å². The van der Waals surface area contributed by atoms with Gasteiger partial charge in [0.05, 0.1) is 6.04 Å². The quantitative estimate of drug-likeness (QED) is 0.308.